The van der Waals surface area contributed by atoms with Crippen LogP contribution in [0, 0.1) is 11.3 Å². The van der Waals surface area contributed by atoms with E-state index in [0.717, 1.165) is 26.1 Å². The van der Waals surface area contributed by atoms with E-state index in [1.54, 1.807) is 6.92 Å². The van der Waals surface area contributed by atoms with Crippen LogP contribution in [-0.2, 0) is 4.79 Å². The van der Waals surface area contributed by atoms with Gasteiger partial charge in [-0.2, -0.15) is 0 Å². The van der Waals surface area contributed by atoms with Gasteiger partial charge in [0.1, 0.15) is 0 Å². The normalized spacial score (nSPS) is 35.9. The number of hydrogen-bond donors (Lipinski definition) is 2. The Morgan fingerprint density at radius 1 is 1.56 bits per heavy atom. The highest BCUT2D eigenvalue weighted by Crippen LogP contribution is 2.47. The first-order chi connectivity index (χ1) is 7.56. The number of rotatable bonds is 2. The highest BCUT2D eigenvalue weighted by Gasteiger charge is 2.44. The summed E-state index contributed by atoms with van der Waals surface area (Å²) in [6, 6.07) is -0.359. The second kappa shape index (κ2) is 4.34. The van der Waals surface area contributed by atoms with Gasteiger partial charge in [-0.25, -0.2) is 0 Å². The molecule has 2 rings (SSSR count). The zero-order valence-electron chi connectivity index (χ0n) is 10.1. The number of carbonyl (C=O) groups is 1. The van der Waals surface area contributed by atoms with Crippen molar-refractivity contribution < 1.29 is 4.79 Å². The summed E-state index contributed by atoms with van der Waals surface area (Å²) in [5.74, 6) is 0.776. The number of nitrogens with two attached hydrogens (primary N) is 2. The van der Waals surface area contributed by atoms with Crippen LogP contribution in [0.1, 0.15) is 32.6 Å². The summed E-state index contributed by atoms with van der Waals surface area (Å²) in [6.45, 7) is 4.36. The molecule has 2 aliphatic rings. The summed E-state index contributed by atoms with van der Waals surface area (Å²) in [5, 5.41) is 0. The Kier molecular flexibility index (Phi) is 3.22. The van der Waals surface area contributed by atoms with Gasteiger partial charge in [-0.15, -0.1) is 0 Å². The van der Waals surface area contributed by atoms with E-state index in [0.29, 0.717) is 11.3 Å². The number of hydrogen-bond acceptors (Lipinski definition) is 3. The average molecular weight is 225 g/mol. The molecule has 16 heavy (non-hydrogen) atoms. The van der Waals surface area contributed by atoms with Gasteiger partial charge in [-0.3, -0.25) is 4.79 Å². The molecule has 92 valence electrons. The van der Waals surface area contributed by atoms with E-state index in [-0.39, 0.29) is 11.9 Å². The summed E-state index contributed by atoms with van der Waals surface area (Å²) in [7, 11) is 0. The Balaban J connectivity index is 1.95. The van der Waals surface area contributed by atoms with E-state index < -0.39 is 0 Å². The van der Waals surface area contributed by atoms with Gasteiger partial charge in [-0.05, 0) is 50.5 Å². The van der Waals surface area contributed by atoms with Crippen LogP contribution in [0.3, 0.4) is 0 Å². The van der Waals surface area contributed by atoms with Crippen molar-refractivity contribution >= 4 is 5.91 Å². The Bertz CT molecular complexity index is 279. The lowest BCUT2D eigenvalue weighted by molar-refractivity contribution is -0.131. The molecule has 2 fully saturated rings. The molecule has 1 aliphatic heterocycles. The third-order valence-corrected chi connectivity index (χ3v) is 4.28. The number of likely N-dealkylation sites (tertiary alicyclic amines) is 1. The zero-order chi connectivity index (χ0) is 11.8. The average Bonchev–Trinajstić information content (AvgIpc) is 2.85. The van der Waals surface area contributed by atoms with Gasteiger partial charge in [-0.1, -0.05) is 0 Å². The largest absolute Gasteiger partial charge is 0.341 e. The molecule has 0 aromatic carbocycles. The summed E-state index contributed by atoms with van der Waals surface area (Å²) >= 11 is 0. The van der Waals surface area contributed by atoms with Crippen molar-refractivity contribution in [3.8, 4) is 0 Å². The summed E-state index contributed by atoms with van der Waals surface area (Å²) in [4.78, 5) is 13.8. The number of amides is 1. The number of carbonyl (C=O) groups excluding carboxylic acids is 1. The lowest BCUT2D eigenvalue weighted by Gasteiger charge is -2.25. The molecule has 1 amide bonds. The van der Waals surface area contributed by atoms with Crippen molar-refractivity contribution in [2.24, 2.45) is 22.8 Å². The van der Waals surface area contributed by atoms with Gasteiger partial charge >= 0.3 is 0 Å². The fourth-order valence-electron chi connectivity index (χ4n) is 3.31. The fourth-order valence-corrected chi connectivity index (χ4v) is 3.31. The van der Waals surface area contributed by atoms with E-state index in [9.17, 15) is 4.79 Å². The van der Waals surface area contributed by atoms with Gasteiger partial charge in [0.25, 0.3) is 0 Å². The lowest BCUT2D eigenvalue weighted by Crippen LogP contribution is -2.41. The van der Waals surface area contributed by atoms with Crippen LogP contribution in [0.25, 0.3) is 0 Å². The predicted molar refractivity (Wildman–Crippen MR) is 63.7 cm³/mol. The Morgan fingerprint density at radius 3 is 2.88 bits per heavy atom. The molecule has 1 spiro atoms. The van der Waals surface area contributed by atoms with Crippen molar-refractivity contribution in [2.45, 2.75) is 38.6 Å². The molecule has 0 aromatic heterocycles. The molecule has 3 unspecified atom stereocenters. The maximum atomic E-state index is 11.8. The summed E-state index contributed by atoms with van der Waals surface area (Å²) < 4.78 is 0. The van der Waals surface area contributed by atoms with Crippen LogP contribution < -0.4 is 11.5 Å². The third kappa shape index (κ3) is 2.09. The highest BCUT2D eigenvalue weighted by atomic mass is 16.2. The van der Waals surface area contributed by atoms with Crippen molar-refractivity contribution in [1.82, 2.24) is 4.90 Å². The van der Waals surface area contributed by atoms with Gasteiger partial charge in [0, 0.05) is 13.1 Å². The van der Waals surface area contributed by atoms with Crippen LogP contribution in [0.2, 0.25) is 0 Å². The van der Waals surface area contributed by atoms with Gasteiger partial charge in [0.2, 0.25) is 5.91 Å². The zero-order valence-corrected chi connectivity index (χ0v) is 10.1. The van der Waals surface area contributed by atoms with E-state index >= 15 is 0 Å². The van der Waals surface area contributed by atoms with Crippen LogP contribution in [0.15, 0.2) is 0 Å². The van der Waals surface area contributed by atoms with Crippen LogP contribution >= 0.6 is 0 Å². The monoisotopic (exact) mass is 225 g/mol. The molecule has 0 bridgehead atoms. The summed E-state index contributed by atoms with van der Waals surface area (Å²) in [6.07, 6.45) is 4.81. The molecule has 1 saturated carbocycles. The summed E-state index contributed by atoms with van der Waals surface area (Å²) in [5.41, 5.74) is 11.7. The molecular weight excluding hydrogens is 202 g/mol. The Morgan fingerprint density at radius 2 is 2.31 bits per heavy atom. The second-order valence-corrected chi connectivity index (χ2v) is 5.64. The molecule has 3 atom stereocenters. The third-order valence-electron chi connectivity index (χ3n) is 4.28. The van der Waals surface area contributed by atoms with Crippen molar-refractivity contribution in [3.63, 3.8) is 0 Å². The topological polar surface area (TPSA) is 72.4 Å². The highest BCUT2D eigenvalue weighted by molar-refractivity contribution is 5.81. The quantitative estimate of drug-likeness (QED) is 0.710. The molecule has 1 aliphatic carbocycles. The van der Waals surface area contributed by atoms with E-state index in [2.05, 4.69) is 0 Å². The molecule has 1 saturated heterocycles. The molecule has 1 heterocycles. The number of nitrogens with zero attached hydrogens (tertiary/aromatic N) is 1. The molecule has 0 radical (unpaired) electrons. The standard InChI is InChI=1S/C12H23N3O/c1-9(14)11(16)15-5-4-12(8-15)3-2-10(6-12)7-13/h9-10H,2-8,13-14H2,1H3. The van der Waals surface area contributed by atoms with Crippen molar-refractivity contribution in [1.29, 1.82) is 0 Å². The maximum absolute atomic E-state index is 11.8. The van der Waals surface area contributed by atoms with Crippen LogP contribution in [-0.4, -0.2) is 36.5 Å². The minimum atomic E-state index is -0.359. The fraction of sp³-hybridized carbons (Fsp3) is 0.917. The van der Waals surface area contributed by atoms with Gasteiger partial charge in [0.15, 0.2) is 0 Å². The second-order valence-electron chi connectivity index (χ2n) is 5.64. The molecule has 0 aromatic rings. The van der Waals surface area contributed by atoms with E-state index in [4.69, 9.17) is 11.5 Å². The van der Waals surface area contributed by atoms with Crippen molar-refractivity contribution in [3.05, 3.63) is 0 Å². The van der Waals surface area contributed by atoms with Crippen LogP contribution in [0.4, 0.5) is 0 Å². The SMILES string of the molecule is CC(N)C(=O)N1CCC2(CCC(CN)C2)C1. The first kappa shape index (κ1) is 11.9. The maximum Gasteiger partial charge on any atom is 0.239 e. The molecule has 4 N–H and O–H groups in total. The van der Waals surface area contributed by atoms with E-state index in [1.807, 2.05) is 4.90 Å². The van der Waals surface area contributed by atoms with Gasteiger partial charge in [0.05, 0.1) is 6.04 Å². The Hall–Kier alpha value is -0.610. The predicted octanol–water partition coefficient (Wildman–Crippen LogP) is 0.311. The minimum absolute atomic E-state index is 0.105. The smallest absolute Gasteiger partial charge is 0.239 e. The van der Waals surface area contributed by atoms with Crippen LogP contribution in [0.5, 0.6) is 0 Å². The van der Waals surface area contributed by atoms with Gasteiger partial charge < -0.3 is 16.4 Å². The first-order valence-corrected chi connectivity index (χ1v) is 6.31. The Labute approximate surface area is 97.3 Å². The first-order valence-electron chi connectivity index (χ1n) is 6.31. The molecule has 4 nitrogen and oxygen atoms in total. The molecule has 4 heteroatoms. The van der Waals surface area contributed by atoms with Crippen molar-refractivity contribution in [2.75, 3.05) is 19.6 Å². The molecular formula is C12H23N3O. The minimum Gasteiger partial charge on any atom is -0.341 e. The lowest BCUT2D eigenvalue weighted by atomic mass is 9.84. The van der Waals surface area contributed by atoms with E-state index in [1.165, 1.54) is 19.3 Å².